The topological polar surface area (TPSA) is 56.0 Å². The molecule has 0 aliphatic carbocycles. The van der Waals surface area contributed by atoms with Crippen LogP contribution in [0.4, 0.5) is 0 Å². The number of rotatable bonds is 5. The number of nitrogens with zero attached hydrogens (tertiary/aromatic N) is 2. The normalized spacial score (nSPS) is 10.6. The van der Waals surface area contributed by atoms with Gasteiger partial charge in [0.05, 0.1) is 6.42 Å². The Labute approximate surface area is 106 Å². The lowest BCUT2D eigenvalue weighted by Gasteiger charge is -1.97. The van der Waals surface area contributed by atoms with Crippen LogP contribution in [-0.2, 0) is 17.6 Å². The van der Waals surface area contributed by atoms with Crippen molar-refractivity contribution in [2.24, 2.45) is 0 Å². The van der Waals surface area contributed by atoms with Gasteiger partial charge in [-0.25, -0.2) is 0 Å². The summed E-state index contributed by atoms with van der Waals surface area (Å²) in [5, 5.41) is 3.88. The van der Waals surface area contributed by atoms with E-state index in [4.69, 9.17) is 4.52 Å². The summed E-state index contributed by atoms with van der Waals surface area (Å²) in [5.41, 5.74) is 2.36. The van der Waals surface area contributed by atoms with Gasteiger partial charge in [0.2, 0.25) is 5.89 Å². The van der Waals surface area contributed by atoms with Crippen molar-refractivity contribution < 1.29 is 9.32 Å². The van der Waals surface area contributed by atoms with Crippen LogP contribution in [0.5, 0.6) is 0 Å². The van der Waals surface area contributed by atoms with E-state index in [1.54, 1.807) is 0 Å². The number of aromatic nitrogens is 2. The van der Waals surface area contributed by atoms with Crippen LogP contribution < -0.4 is 0 Å². The number of ketones is 1. The molecule has 1 aromatic heterocycles. The molecule has 0 radical (unpaired) electrons. The fourth-order valence-electron chi connectivity index (χ4n) is 1.62. The first-order valence-corrected chi connectivity index (χ1v) is 6.06. The maximum atomic E-state index is 11.3. The third kappa shape index (κ3) is 3.26. The van der Waals surface area contributed by atoms with Crippen LogP contribution >= 0.6 is 0 Å². The molecular formula is C14H16N2O2. The van der Waals surface area contributed by atoms with Crippen molar-refractivity contribution in [2.45, 2.75) is 33.1 Å². The van der Waals surface area contributed by atoms with Crippen LogP contribution in [0, 0.1) is 6.92 Å². The van der Waals surface area contributed by atoms with Crippen LogP contribution in [0.3, 0.4) is 0 Å². The summed E-state index contributed by atoms with van der Waals surface area (Å²) in [7, 11) is 0. The third-order valence-electron chi connectivity index (χ3n) is 2.74. The van der Waals surface area contributed by atoms with Gasteiger partial charge in [-0.15, -0.1) is 0 Å². The molecule has 1 heterocycles. The first-order valence-electron chi connectivity index (χ1n) is 6.06. The average molecular weight is 244 g/mol. The summed E-state index contributed by atoms with van der Waals surface area (Å²) in [6.45, 7) is 3.87. The highest BCUT2D eigenvalue weighted by Crippen LogP contribution is 2.09. The molecular weight excluding hydrogens is 228 g/mol. The van der Waals surface area contributed by atoms with Gasteiger partial charge in [0, 0.05) is 12.8 Å². The molecule has 2 aromatic rings. The highest BCUT2D eigenvalue weighted by Gasteiger charge is 2.10. The number of hydrogen-bond donors (Lipinski definition) is 0. The number of aryl methyl sites for hydroxylation is 1. The summed E-state index contributed by atoms with van der Waals surface area (Å²) in [6.07, 6.45) is 1.36. The molecule has 1 aromatic carbocycles. The van der Waals surface area contributed by atoms with Crippen LogP contribution in [0.1, 0.15) is 36.2 Å². The van der Waals surface area contributed by atoms with Gasteiger partial charge in [0.1, 0.15) is 5.78 Å². The van der Waals surface area contributed by atoms with Gasteiger partial charge in [-0.3, -0.25) is 4.79 Å². The highest BCUT2D eigenvalue weighted by atomic mass is 16.5. The van der Waals surface area contributed by atoms with Crippen molar-refractivity contribution in [1.29, 1.82) is 0 Å². The molecule has 0 fully saturated rings. The number of carbonyl (C=O) groups is 1. The average Bonchev–Trinajstić information content (AvgIpc) is 2.79. The molecule has 4 heteroatoms. The zero-order valence-corrected chi connectivity index (χ0v) is 10.6. The van der Waals surface area contributed by atoms with Crippen LogP contribution in [0.25, 0.3) is 0 Å². The van der Waals surface area contributed by atoms with E-state index in [2.05, 4.69) is 22.3 Å². The Morgan fingerprint density at radius 2 is 2.00 bits per heavy atom. The molecule has 2 rings (SSSR count). The molecule has 94 valence electrons. The number of carbonyl (C=O) groups excluding carboxylic acids is 1. The van der Waals surface area contributed by atoms with E-state index in [-0.39, 0.29) is 12.2 Å². The second-order valence-corrected chi connectivity index (χ2v) is 4.34. The number of benzene rings is 1. The summed E-state index contributed by atoms with van der Waals surface area (Å²) >= 11 is 0. The van der Waals surface area contributed by atoms with E-state index in [0.717, 1.165) is 5.56 Å². The Morgan fingerprint density at radius 1 is 1.28 bits per heavy atom. The maximum Gasteiger partial charge on any atom is 0.234 e. The molecule has 0 atom stereocenters. The molecule has 0 saturated carbocycles. The minimum Gasteiger partial charge on any atom is -0.339 e. The van der Waals surface area contributed by atoms with Gasteiger partial charge >= 0.3 is 0 Å². The van der Waals surface area contributed by atoms with Crippen LogP contribution in [-0.4, -0.2) is 15.9 Å². The lowest BCUT2D eigenvalue weighted by atomic mass is 10.1. The van der Waals surface area contributed by atoms with E-state index in [9.17, 15) is 4.79 Å². The Kier molecular flexibility index (Phi) is 3.87. The molecule has 0 amide bonds. The fraction of sp³-hybridized carbons (Fsp3) is 0.357. The molecule has 4 nitrogen and oxygen atoms in total. The maximum absolute atomic E-state index is 11.3. The predicted molar refractivity (Wildman–Crippen MR) is 67.3 cm³/mol. The molecule has 18 heavy (non-hydrogen) atoms. The van der Waals surface area contributed by atoms with E-state index in [0.29, 0.717) is 24.6 Å². The Morgan fingerprint density at radius 3 is 2.67 bits per heavy atom. The van der Waals surface area contributed by atoms with Crippen molar-refractivity contribution >= 4 is 5.78 Å². The third-order valence-corrected chi connectivity index (χ3v) is 2.74. The van der Waals surface area contributed by atoms with E-state index >= 15 is 0 Å². The summed E-state index contributed by atoms with van der Waals surface area (Å²) in [4.78, 5) is 15.5. The van der Waals surface area contributed by atoms with E-state index < -0.39 is 0 Å². The minimum absolute atomic E-state index is 0.112. The van der Waals surface area contributed by atoms with Gasteiger partial charge in [-0.2, -0.15) is 4.98 Å². The van der Waals surface area contributed by atoms with Gasteiger partial charge in [-0.05, 0) is 12.5 Å². The fourth-order valence-corrected chi connectivity index (χ4v) is 1.62. The summed E-state index contributed by atoms with van der Waals surface area (Å²) in [6, 6.07) is 8.19. The van der Waals surface area contributed by atoms with E-state index in [1.807, 2.05) is 26.0 Å². The first kappa shape index (κ1) is 12.5. The van der Waals surface area contributed by atoms with Gasteiger partial charge in [-0.1, -0.05) is 41.9 Å². The SMILES string of the molecule is CCC(=O)Cc1nc(Cc2ccc(C)cc2)no1. The van der Waals surface area contributed by atoms with Crippen molar-refractivity contribution in [2.75, 3.05) is 0 Å². The largest absolute Gasteiger partial charge is 0.339 e. The van der Waals surface area contributed by atoms with Gasteiger partial charge in [0.15, 0.2) is 5.82 Å². The molecule has 0 aliphatic rings. The monoisotopic (exact) mass is 244 g/mol. The second kappa shape index (κ2) is 5.58. The summed E-state index contributed by atoms with van der Waals surface area (Å²) in [5.74, 6) is 1.14. The molecule has 0 bridgehead atoms. The minimum atomic E-state index is 0.112. The molecule has 0 unspecified atom stereocenters. The first-order chi connectivity index (χ1) is 8.67. The zero-order valence-electron chi connectivity index (χ0n) is 10.6. The molecule has 0 aliphatic heterocycles. The lowest BCUT2D eigenvalue weighted by Crippen LogP contribution is -2.00. The van der Waals surface area contributed by atoms with E-state index in [1.165, 1.54) is 5.56 Å². The van der Waals surface area contributed by atoms with Crippen LogP contribution in [0.15, 0.2) is 28.8 Å². The highest BCUT2D eigenvalue weighted by molar-refractivity contribution is 5.79. The molecule has 0 spiro atoms. The van der Waals surface area contributed by atoms with Gasteiger partial charge < -0.3 is 4.52 Å². The Balaban J connectivity index is 2.02. The quantitative estimate of drug-likeness (QED) is 0.810. The summed E-state index contributed by atoms with van der Waals surface area (Å²) < 4.78 is 5.05. The Bertz CT molecular complexity index is 529. The zero-order chi connectivity index (χ0) is 13.0. The Hall–Kier alpha value is -1.97. The molecule has 0 saturated heterocycles. The van der Waals surface area contributed by atoms with Crippen molar-refractivity contribution in [3.05, 3.63) is 47.1 Å². The smallest absolute Gasteiger partial charge is 0.234 e. The van der Waals surface area contributed by atoms with Crippen molar-refractivity contribution in [3.8, 4) is 0 Å². The molecule has 0 N–H and O–H groups in total. The van der Waals surface area contributed by atoms with Crippen molar-refractivity contribution in [1.82, 2.24) is 10.1 Å². The van der Waals surface area contributed by atoms with Crippen LogP contribution in [0.2, 0.25) is 0 Å². The standard InChI is InChI=1S/C14H16N2O2/c1-3-12(17)9-14-15-13(16-18-14)8-11-6-4-10(2)5-7-11/h4-7H,3,8-9H2,1-2H3. The lowest BCUT2D eigenvalue weighted by molar-refractivity contribution is -0.118. The number of Topliss-reactive ketones (excluding diaryl/α,β-unsaturated/α-hetero) is 1. The predicted octanol–water partition coefficient (Wildman–Crippen LogP) is 2.49. The second-order valence-electron chi connectivity index (χ2n) is 4.34. The number of hydrogen-bond acceptors (Lipinski definition) is 4. The van der Waals surface area contributed by atoms with Crippen molar-refractivity contribution in [3.63, 3.8) is 0 Å². The van der Waals surface area contributed by atoms with Gasteiger partial charge in [0.25, 0.3) is 0 Å².